The van der Waals surface area contributed by atoms with Gasteiger partial charge in [0.1, 0.15) is 10.0 Å². The molecule has 0 amide bonds. The highest BCUT2D eigenvalue weighted by molar-refractivity contribution is 7.11. The molecule has 1 N–H and O–H groups in total. The summed E-state index contributed by atoms with van der Waals surface area (Å²) >= 11 is 1.74. The van der Waals surface area contributed by atoms with E-state index < -0.39 is 0 Å². The quantitative estimate of drug-likeness (QED) is 0.728. The lowest BCUT2D eigenvalue weighted by Crippen LogP contribution is -2.11. The van der Waals surface area contributed by atoms with Crippen LogP contribution in [-0.4, -0.2) is 17.2 Å². The lowest BCUT2D eigenvalue weighted by molar-refractivity contribution is 0.637. The van der Waals surface area contributed by atoms with Crippen LogP contribution in [-0.2, 0) is 6.42 Å². The zero-order valence-electron chi connectivity index (χ0n) is 9.92. The Morgan fingerprint density at radius 2 is 2.07 bits per heavy atom. The summed E-state index contributed by atoms with van der Waals surface area (Å²) in [5.74, 6) is 0. The second-order valence-corrected chi connectivity index (χ2v) is 4.95. The summed E-state index contributed by atoms with van der Waals surface area (Å²) in [6, 6.07) is 0.326. The molecule has 1 rings (SSSR count). The second kappa shape index (κ2) is 6.90. The molecule has 3 nitrogen and oxygen atoms in total. The standard InChI is InChI=1S/C11H21N3S/c1-4-5-6-7-8-10-13-14-11(15-10)9(2)12-3/h9,12H,4-8H2,1-3H3. The Balaban J connectivity index is 2.33. The fourth-order valence-corrected chi connectivity index (χ4v) is 2.31. The fourth-order valence-electron chi connectivity index (χ4n) is 1.37. The number of aromatic nitrogens is 2. The van der Waals surface area contributed by atoms with Crippen molar-refractivity contribution in [3.05, 3.63) is 10.0 Å². The van der Waals surface area contributed by atoms with Gasteiger partial charge in [0, 0.05) is 6.42 Å². The first-order chi connectivity index (χ1) is 7.27. The number of hydrogen-bond donors (Lipinski definition) is 1. The smallest absolute Gasteiger partial charge is 0.134 e. The van der Waals surface area contributed by atoms with E-state index in [1.807, 2.05) is 7.05 Å². The van der Waals surface area contributed by atoms with Gasteiger partial charge in [-0.25, -0.2) is 0 Å². The van der Waals surface area contributed by atoms with Crippen molar-refractivity contribution < 1.29 is 0 Å². The van der Waals surface area contributed by atoms with Crippen molar-refractivity contribution in [1.29, 1.82) is 0 Å². The average Bonchev–Trinajstić information content (AvgIpc) is 2.72. The van der Waals surface area contributed by atoms with Gasteiger partial charge in [0.05, 0.1) is 6.04 Å². The number of aryl methyl sites for hydroxylation is 1. The largest absolute Gasteiger partial charge is 0.311 e. The Labute approximate surface area is 96.3 Å². The molecule has 1 aromatic rings. The summed E-state index contributed by atoms with van der Waals surface area (Å²) < 4.78 is 0. The van der Waals surface area contributed by atoms with E-state index in [1.165, 1.54) is 30.7 Å². The Kier molecular flexibility index (Phi) is 5.79. The number of nitrogens with one attached hydrogen (secondary N) is 1. The van der Waals surface area contributed by atoms with E-state index in [2.05, 4.69) is 29.4 Å². The molecule has 0 aromatic carbocycles. The molecule has 4 heteroatoms. The van der Waals surface area contributed by atoms with E-state index in [0.717, 1.165) is 11.4 Å². The third-order valence-electron chi connectivity index (χ3n) is 2.53. The predicted octanol–water partition coefficient (Wildman–Crippen LogP) is 2.94. The summed E-state index contributed by atoms with van der Waals surface area (Å²) in [7, 11) is 1.95. The maximum atomic E-state index is 4.21. The van der Waals surface area contributed by atoms with Crippen LogP contribution in [0.4, 0.5) is 0 Å². The molecule has 0 spiro atoms. The molecular weight excluding hydrogens is 206 g/mol. The molecule has 0 bridgehead atoms. The van der Waals surface area contributed by atoms with Crippen molar-refractivity contribution >= 4 is 11.3 Å². The van der Waals surface area contributed by atoms with Gasteiger partial charge in [-0.1, -0.05) is 37.5 Å². The number of nitrogens with zero attached hydrogens (tertiary/aromatic N) is 2. The van der Waals surface area contributed by atoms with Gasteiger partial charge >= 0.3 is 0 Å². The Bertz CT molecular complexity index is 273. The highest BCUT2D eigenvalue weighted by Crippen LogP contribution is 2.18. The van der Waals surface area contributed by atoms with E-state index in [4.69, 9.17) is 0 Å². The highest BCUT2D eigenvalue weighted by atomic mass is 32.1. The molecule has 0 saturated carbocycles. The van der Waals surface area contributed by atoms with Crippen molar-refractivity contribution in [2.75, 3.05) is 7.05 Å². The minimum absolute atomic E-state index is 0.326. The molecular formula is C11H21N3S. The van der Waals surface area contributed by atoms with Crippen LogP contribution < -0.4 is 5.32 Å². The number of unbranched alkanes of at least 4 members (excludes halogenated alkanes) is 3. The zero-order valence-corrected chi connectivity index (χ0v) is 10.7. The first-order valence-corrected chi connectivity index (χ1v) is 6.59. The van der Waals surface area contributed by atoms with E-state index in [9.17, 15) is 0 Å². The molecule has 0 saturated heterocycles. The first kappa shape index (κ1) is 12.6. The van der Waals surface area contributed by atoms with Crippen molar-refractivity contribution in [2.24, 2.45) is 0 Å². The van der Waals surface area contributed by atoms with Crippen LogP contribution in [0.5, 0.6) is 0 Å². The van der Waals surface area contributed by atoms with Gasteiger partial charge in [-0.15, -0.1) is 10.2 Å². The van der Waals surface area contributed by atoms with Gasteiger partial charge in [0.15, 0.2) is 0 Å². The lowest BCUT2D eigenvalue weighted by atomic mass is 10.2. The summed E-state index contributed by atoms with van der Waals surface area (Å²) in [6.07, 6.45) is 6.27. The molecule has 0 aliphatic heterocycles. The maximum absolute atomic E-state index is 4.21. The zero-order chi connectivity index (χ0) is 11.1. The summed E-state index contributed by atoms with van der Waals surface area (Å²) in [5.41, 5.74) is 0. The van der Waals surface area contributed by atoms with Crippen LogP contribution in [0.3, 0.4) is 0 Å². The Morgan fingerprint density at radius 1 is 1.27 bits per heavy atom. The molecule has 0 radical (unpaired) electrons. The van der Waals surface area contributed by atoms with E-state index in [0.29, 0.717) is 6.04 Å². The highest BCUT2D eigenvalue weighted by Gasteiger charge is 2.09. The van der Waals surface area contributed by atoms with Crippen molar-refractivity contribution in [1.82, 2.24) is 15.5 Å². The van der Waals surface area contributed by atoms with Gasteiger partial charge in [-0.05, 0) is 20.4 Å². The lowest BCUT2D eigenvalue weighted by Gasteiger charge is -2.02. The monoisotopic (exact) mass is 227 g/mol. The summed E-state index contributed by atoms with van der Waals surface area (Å²) in [4.78, 5) is 0. The third kappa shape index (κ3) is 4.26. The van der Waals surface area contributed by atoms with Gasteiger partial charge in [-0.3, -0.25) is 0 Å². The molecule has 15 heavy (non-hydrogen) atoms. The van der Waals surface area contributed by atoms with E-state index in [-0.39, 0.29) is 0 Å². The average molecular weight is 227 g/mol. The van der Waals surface area contributed by atoms with E-state index in [1.54, 1.807) is 11.3 Å². The van der Waals surface area contributed by atoms with E-state index >= 15 is 0 Å². The summed E-state index contributed by atoms with van der Waals surface area (Å²) in [5, 5.41) is 13.9. The van der Waals surface area contributed by atoms with Crippen LogP contribution in [0.15, 0.2) is 0 Å². The fraction of sp³-hybridized carbons (Fsp3) is 0.818. The van der Waals surface area contributed by atoms with Gasteiger partial charge in [0.2, 0.25) is 0 Å². The normalized spacial score (nSPS) is 13.0. The minimum Gasteiger partial charge on any atom is -0.311 e. The molecule has 0 aliphatic carbocycles. The van der Waals surface area contributed by atoms with Crippen molar-refractivity contribution in [3.8, 4) is 0 Å². The molecule has 1 unspecified atom stereocenters. The van der Waals surface area contributed by atoms with Gasteiger partial charge < -0.3 is 5.32 Å². The van der Waals surface area contributed by atoms with Crippen LogP contribution >= 0.6 is 11.3 Å². The number of hydrogen-bond acceptors (Lipinski definition) is 4. The molecule has 1 aromatic heterocycles. The third-order valence-corrected chi connectivity index (χ3v) is 3.70. The molecule has 86 valence electrons. The molecule has 1 heterocycles. The van der Waals surface area contributed by atoms with Gasteiger partial charge in [0.25, 0.3) is 0 Å². The SMILES string of the molecule is CCCCCCc1nnc(C(C)NC)s1. The minimum atomic E-state index is 0.326. The van der Waals surface area contributed by atoms with Crippen LogP contribution in [0, 0.1) is 0 Å². The van der Waals surface area contributed by atoms with Crippen LogP contribution in [0.1, 0.15) is 55.6 Å². The summed E-state index contributed by atoms with van der Waals surface area (Å²) in [6.45, 7) is 4.35. The topological polar surface area (TPSA) is 37.8 Å². The first-order valence-electron chi connectivity index (χ1n) is 5.77. The van der Waals surface area contributed by atoms with Crippen molar-refractivity contribution in [3.63, 3.8) is 0 Å². The van der Waals surface area contributed by atoms with Crippen molar-refractivity contribution in [2.45, 2.75) is 52.0 Å². The Hall–Kier alpha value is -0.480. The Morgan fingerprint density at radius 3 is 2.73 bits per heavy atom. The molecule has 0 aliphatic rings. The maximum Gasteiger partial charge on any atom is 0.134 e. The molecule has 0 fully saturated rings. The second-order valence-electron chi connectivity index (χ2n) is 3.86. The van der Waals surface area contributed by atoms with Crippen LogP contribution in [0.25, 0.3) is 0 Å². The van der Waals surface area contributed by atoms with Gasteiger partial charge in [-0.2, -0.15) is 0 Å². The predicted molar refractivity (Wildman–Crippen MR) is 65.2 cm³/mol. The number of rotatable bonds is 7. The molecule has 1 atom stereocenters. The van der Waals surface area contributed by atoms with Crippen LogP contribution in [0.2, 0.25) is 0 Å².